The highest BCUT2D eigenvalue weighted by molar-refractivity contribution is 5.81. The van der Waals surface area contributed by atoms with Crippen LogP contribution in [0.5, 0.6) is 0 Å². The number of carbonyl (C=O) groups is 1. The zero-order valence-corrected chi connectivity index (χ0v) is 14.0. The molecule has 4 heterocycles. The average molecular weight is 334 g/mol. The largest absolute Gasteiger partial charge is 0.467 e. The second-order valence-electron chi connectivity index (χ2n) is 7.08. The van der Waals surface area contributed by atoms with Crippen molar-refractivity contribution in [2.24, 2.45) is 5.92 Å². The quantitative estimate of drug-likeness (QED) is 0.905. The number of nitrogens with one attached hydrogen (secondary N) is 1. The zero-order valence-electron chi connectivity index (χ0n) is 14.0. The third kappa shape index (κ3) is 3.50. The Hall–Kier alpha value is -1.37. The van der Waals surface area contributed by atoms with Crippen LogP contribution in [0.15, 0.2) is 22.8 Å². The summed E-state index contributed by atoms with van der Waals surface area (Å²) in [7, 11) is 0. The number of hydrogen-bond acceptors (Lipinski definition) is 5. The molecule has 1 amide bonds. The molecule has 3 aliphatic heterocycles. The van der Waals surface area contributed by atoms with Crippen molar-refractivity contribution in [2.45, 2.75) is 50.5 Å². The van der Waals surface area contributed by atoms with Crippen LogP contribution >= 0.6 is 0 Å². The molecule has 3 saturated heterocycles. The van der Waals surface area contributed by atoms with Crippen LogP contribution in [0.25, 0.3) is 0 Å². The Morgan fingerprint density at radius 3 is 2.96 bits per heavy atom. The van der Waals surface area contributed by atoms with Crippen LogP contribution in [0, 0.1) is 5.92 Å². The molecule has 0 aliphatic carbocycles. The Kier molecular flexibility index (Phi) is 4.87. The van der Waals surface area contributed by atoms with Crippen LogP contribution in [0.3, 0.4) is 0 Å². The van der Waals surface area contributed by atoms with Crippen LogP contribution in [-0.4, -0.2) is 55.4 Å². The van der Waals surface area contributed by atoms with E-state index < -0.39 is 0 Å². The molecule has 24 heavy (non-hydrogen) atoms. The molecule has 0 saturated carbocycles. The Labute approximate surface area is 142 Å². The van der Waals surface area contributed by atoms with Gasteiger partial charge in [0.1, 0.15) is 11.9 Å². The van der Waals surface area contributed by atoms with Crippen molar-refractivity contribution in [1.82, 2.24) is 10.2 Å². The Morgan fingerprint density at radius 2 is 2.17 bits per heavy atom. The fourth-order valence-corrected chi connectivity index (χ4v) is 4.21. The molecule has 0 radical (unpaired) electrons. The molecule has 1 aromatic heterocycles. The van der Waals surface area contributed by atoms with Crippen molar-refractivity contribution < 1.29 is 18.7 Å². The van der Waals surface area contributed by atoms with E-state index in [0.717, 1.165) is 57.7 Å². The zero-order chi connectivity index (χ0) is 16.4. The summed E-state index contributed by atoms with van der Waals surface area (Å²) in [5.41, 5.74) is 0. The third-order valence-electron chi connectivity index (χ3n) is 5.60. The van der Waals surface area contributed by atoms with E-state index in [2.05, 4.69) is 10.2 Å². The minimum absolute atomic E-state index is 0.0154. The van der Waals surface area contributed by atoms with E-state index in [1.54, 1.807) is 6.26 Å². The van der Waals surface area contributed by atoms with Gasteiger partial charge in [-0.2, -0.15) is 0 Å². The molecule has 4 rings (SSSR count). The topological polar surface area (TPSA) is 63.9 Å². The van der Waals surface area contributed by atoms with Crippen molar-refractivity contribution in [3.05, 3.63) is 24.2 Å². The third-order valence-corrected chi connectivity index (χ3v) is 5.60. The number of nitrogens with zero attached hydrogens (tertiary/aromatic N) is 1. The summed E-state index contributed by atoms with van der Waals surface area (Å²) < 4.78 is 16.8. The lowest BCUT2D eigenvalue weighted by Gasteiger charge is -2.40. The second kappa shape index (κ2) is 7.25. The highest BCUT2D eigenvalue weighted by Gasteiger charge is 2.43. The van der Waals surface area contributed by atoms with Gasteiger partial charge in [0.25, 0.3) is 0 Å². The Morgan fingerprint density at radius 1 is 1.29 bits per heavy atom. The lowest BCUT2D eigenvalue weighted by Crippen LogP contribution is -2.49. The molecule has 3 fully saturated rings. The first-order chi connectivity index (χ1) is 11.8. The maximum atomic E-state index is 12.4. The van der Waals surface area contributed by atoms with E-state index in [1.807, 2.05) is 12.1 Å². The number of fused-ring (bicyclic) bond motifs is 1. The van der Waals surface area contributed by atoms with Gasteiger partial charge in [-0.1, -0.05) is 0 Å². The van der Waals surface area contributed by atoms with Crippen LogP contribution in [0.2, 0.25) is 0 Å². The predicted octanol–water partition coefficient (Wildman–Crippen LogP) is 1.55. The van der Waals surface area contributed by atoms with Gasteiger partial charge in [0.05, 0.1) is 18.9 Å². The van der Waals surface area contributed by atoms with Gasteiger partial charge in [-0.15, -0.1) is 0 Å². The van der Waals surface area contributed by atoms with Gasteiger partial charge in [-0.3, -0.25) is 9.69 Å². The van der Waals surface area contributed by atoms with Crippen molar-refractivity contribution >= 4 is 5.91 Å². The van der Waals surface area contributed by atoms with Gasteiger partial charge in [-0.25, -0.2) is 0 Å². The maximum absolute atomic E-state index is 12.4. The van der Waals surface area contributed by atoms with E-state index in [4.69, 9.17) is 13.9 Å². The summed E-state index contributed by atoms with van der Waals surface area (Å²) in [5.74, 6) is 1.27. The number of furan rings is 1. The lowest BCUT2D eigenvalue weighted by molar-refractivity contribution is -0.133. The molecule has 0 bridgehead atoms. The van der Waals surface area contributed by atoms with Crippen LogP contribution < -0.4 is 5.32 Å². The number of piperidine rings is 1. The van der Waals surface area contributed by atoms with Gasteiger partial charge >= 0.3 is 0 Å². The van der Waals surface area contributed by atoms with Crippen molar-refractivity contribution in [1.29, 1.82) is 0 Å². The summed E-state index contributed by atoms with van der Waals surface area (Å²) >= 11 is 0. The lowest BCUT2D eigenvalue weighted by atomic mass is 9.90. The molecule has 3 aliphatic rings. The first-order valence-electron chi connectivity index (χ1n) is 9.07. The first-order valence-corrected chi connectivity index (χ1v) is 9.07. The monoisotopic (exact) mass is 334 g/mol. The summed E-state index contributed by atoms with van der Waals surface area (Å²) in [6.45, 7) is 4.24. The van der Waals surface area contributed by atoms with Crippen molar-refractivity contribution in [3.8, 4) is 0 Å². The van der Waals surface area contributed by atoms with Gasteiger partial charge in [0.2, 0.25) is 5.91 Å². The predicted molar refractivity (Wildman–Crippen MR) is 87.4 cm³/mol. The summed E-state index contributed by atoms with van der Waals surface area (Å²) in [6.07, 6.45) is 5.70. The van der Waals surface area contributed by atoms with Crippen molar-refractivity contribution in [3.63, 3.8) is 0 Å². The van der Waals surface area contributed by atoms with Gasteiger partial charge in [-0.05, 0) is 50.3 Å². The standard InChI is InChI=1S/C18H26N2O4/c21-18(19-11-15-2-1-7-23-15)16-10-13-3-6-20(12-17(13)24-16)14-4-8-22-9-5-14/h1-2,7,13-14,16-17H,3-6,8-12H2,(H,19,21)/t13-,16+,17+/m1/s1. The van der Waals surface area contributed by atoms with Crippen LogP contribution in [0.4, 0.5) is 0 Å². The van der Waals surface area contributed by atoms with E-state index in [0.29, 0.717) is 18.5 Å². The molecule has 132 valence electrons. The normalized spacial score (nSPS) is 31.8. The Balaban J connectivity index is 1.28. The fourth-order valence-electron chi connectivity index (χ4n) is 4.21. The van der Waals surface area contributed by atoms with E-state index in [-0.39, 0.29) is 18.1 Å². The fraction of sp³-hybridized carbons (Fsp3) is 0.722. The maximum Gasteiger partial charge on any atom is 0.249 e. The average Bonchev–Trinajstić information content (AvgIpc) is 3.29. The summed E-state index contributed by atoms with van der Waals surface area (Å²) in [5, 5.41) is 2.92. The van der Waals surface area contributed by atoms with Crippen LogP contribution in [-0.2, 0) is 20.8 Å². The minimum Gasteiger partial charge on any atom is -0.467 e. The van der Waals surface area contributed by atoms with Gasteiger partial charge in [0.15, 0.2) is 0 Å². The minimum atomic E-state index is -0.315. The Bertz CT molecular complexity index is 541. The molecule has 0 aromatic carbocycles. The molecule has 0 spiro atoms. The number of likely N-dealkylation sites (tertiary alicyclic amines) is 1. The molecule has 1 aromatic rings. The highest BCUT2D eigenvalue weighted by Crippen LogP contribution is 2.35. The number of amides is 1. The van der Waals surface area contributed by atoms with E-state index in [1.165, 1.54) is 0 Å². The molecular formula is C18H26N2O4. The van der Waals surface area contributed by atoms with Crippen LogP contribution in [0.1, 0.15) is 31.4 Å². The SMILES string of the molecule is O=C(NCc1ccco1)[C@@H]1C[C@H]2CCN(C3CCOCC3)C[C@@H]2O1. The molecule has 3 atom stereocenters. The van der Waals surface area contributed by atoms with Crippen molar-refractivity contribution in [2.75, 3.05) is 26.3 Å². The first kappa shape index (κ1) is 16.1. The molecule has 1 N–H and O–H groups in total. The molecule has 0 unspecified atom stereocenters. The van der Waals surface area contributed by atoms with Gasteiger partial charge < -0.3 is 19.2 Å². The van der Waals surface area contributed by atoms with Gasteiger partial charge in [0, 0.05) is 25.8 Å². The number of carbonyl (C=O) groups excluding carboxylic acids is 1. The van der Waals surface area contributed by atoms with E-state index in [9.17, 15) is 4.79 Å². The summed E-state index contributed by atoms with van der Waals surface area (Å²) in [6, 6.07) is 4.31. The summed E-state index contributed by atoms with van der Waals surface area (Å²) in [4.78, 5) is 14.9. The highest BCUT2D eigenvalue weighted by atomic mass is 16.5. The number of ether oxygens (including phenoxy) is 2. The molecule has 6 heteroatoms. The number of rotatable bonds is 4. The molecular weight excluding hydrogens is 308 g/mol. The number of hydrogen-bond donors (Lipinski definition) is 1. The smallest absolute Gasteiger partial charge is 0.249 e. The van der Waals surface area contributed by atoms with E-state index >= 15 is 0 Å². The molecule has 6 nitrogen and oxygen atoms in total. The second-order valence-corrected chi connectivity index (χ2v) is 7.08.